The van der Waals surface area contributed by atoms with Crippen LogP contribution in [0.5, 0.6) is 0 Å². The topological polar surface area (TPSA) is 12.0 Å². The van der Waals surface area contributed by atoms with Crippen LogP contribution in [0.15, 0.2) is 36.1 Å². The number of allylic oxidation sites excluding steroid dienone is 5. The fourth-order valence-corrected chi connectivity index (χ4v) is 1.25. The summed E-state index contributed by atoms with van der Waals surface area (Å²) in [5.74, 6) is 0. The van der Waals surface area contributed by atoms with Gasteiger partial charge in [0.25, 0.3) is 0 Å². The molecule has 1 rings (SSSR count). The van der Waals surface area contributed by atoms with Crippen molar-refractivity contribution in [1.29, 1.82) is 0 Å². The monoisotopic (exact) mass is 149 g/mol. The summed E-state index contributed by atoms with van der Waals surface area (Å²) in [6, 6.07) is 0. The highest BCUT2D eigenvalue weighted by Crippen LogP contribution is 2.14. The van der Waals surface area contributed by atoms with Crippen molar-refractivity contribution in [1.82, 2.24) is 5.32 Å². The van der Waals surface area contributed by atoms with E-state index >= 15 is 0 Å². The lowest BCUT2D eigenvalue weighted by Crippen LogP contribution is -2.18. The normalized spacial score (nSPS) is 18.6. The smallest absolute Gasteiger partial charge is 0.0147 e. The molecule has 0 aromatic rings. The molecule has 0 radical (unpaired) electrons. The van der Waals surface area contributed by atoms with Gasteiger partial charge in [-0.3, -0.25) is 0 Å². The maximum atomic E-state index is 3.64. The number of hydrogen-bond donors (Lipinski definition) is 1. The molecule has 0 amide bonds. The average molecular weight is 149 g/mol. The zero-order chi connectivity index (χ0) is 8.10. The molecule has 0 aliphatic carbocycles. The van der Waals surface area contributed by atoms with Crippen LogP contribution in [-0.4, -0.2) is 6.54 Å². The molecule has 0 aromatic carbocycles. The molecule has 0 unspecified atom stereocenters. The lowest BCUT2D eigenvalue weighted by Gasteiger charge is -2.16. The first-order valence-electron chi connectivity index (χ1n) is 4.07. The highest BCUT2D eigenvalue weighted by Gasteiger charge is 2.03. The summed E-state index contributed by atoms with van der Waals surface area (Å²) < 4.78 is 0. The van der Waals surface area contributed by atoms with Crippen LogP contribution < -0.4 is 5.32 Å². The second kappa shape index (κ2) is 4.02. The minimum atomic E-state index is 1.12. The molecule has 1 N–H and O–H groups in total. The Balaban J connectivity index is 2.66. The van der Waals surface area contributed by atoms with Crippen molar-refractivity contribution < 1.29 is 0 Å². The van der Waals surface area contributed by atoms with Crippen molar-refractivity contribution in [2.45, 2.75) is 19.8 Å². The zero-order valence-electron chi connectivity index (χ0n) is 7.06. The molecular formula is C10H15N. The van der Waals surface area contributed by atoms with Gasteiger partial charge in [-0.05, 0) is 25.3 Å². The van der Waals surface area contributed by atoms with Gasteiger partial charge in [-0.15, -0.1) is 0 Å². The number of hydrogen-bond acceptors (Lipinski definition) is 1. The van der Waals surface area contributed by atoms with E-state index in [0.29, 0.717) is 0 Å². The standard InChI is InChI=1S/C10H15N/c1-3-4-6-10-7-5-8-11-9(10)2/h3-4,6,11H,1,5,7-8H2,2H3/b6-4-. The summed E-state index contributed by atoms with van der Waals surface area (Å²) >= 11 is 0. The highest BCUT2D eigenvalue weighted by atomic mass is 14.9. The Morgan fingerprint density at radius 3 is 3.00 bits per heavy atom. The molecule has 11 heavy (non-hydrogen) atoms. The molecule has 0 saturated heterocycles. The summed E-state index contributed by atoms with van der Waals surface area (Å²) in [6.07, 6.45) is 8.38. The predicted octanol–water partition coefficient (Wildman–Crippen LogP) is 2.39. The van der Waals surface area contributed by atoms with E-state index in [1.54, 1.807) is 0 Å². The lowest BCUT2D eigenvalue weighted by atomic mass is 10.0. The Bertz CT molecular complexity index is 199. The number of rotatable bonds is 2. The summed E-state index contributed by atoms with van der Waals surface area (Å²) in [5, 5.41) is 3.34. The van der Waals surface area contributed by atoms with Gasteiger partial charge in [0, 0.05) is 12.2 Å². The Morgan fingerprint density at radius 1 is 1.55 bits per heavy atom. The Morgan fingerprint density at radius 2 is 2.36 bits per heavy atom. The molecule has 1 aliphatic rings. The van der Waals surface area contributed by atoms with Gasteiger partial charge in [-0.25, -0.2) is 0 Å². The molecular weight excluding hydrogens is 134 g/mol. The van der Waals surface area contributed by atoms with Gasteiger partial charge >= 0.3 is 0 Å². The van der Waals surface area contributed by atoms with Gasteiger partial charge in [0.2, 0.25) is 0 Å². The Kier molecular flexibility index (Phi) is 2.96. The molecule has 0 saturated carbocycles. The van der Waals surface area contributed by atoms with Gasteiger partial charge in [-0.1, -0.05) is 24.8 Å². The van der Waals surface area contributed by atoms with Crippen LogP contribution in [-0.2, 0) is 0 Å². The molecule has 0 atom stereocenters. The second-order valence-electron chi connectivity index (χ2n) is 2.78. The third kappa shape index (κ3) is 2.26. The molecule has 0 fully saturated rings. The molecule has 1 heterocycles. The Labute approximate surface area is 68.5 Å². The highest BCUT2D eigenvalue weighted by molar-refractivity contribution is 5.27. The minimum Gasteiger partial charge on any atom is -0.388 e. The first-order chi connectivity index (χ1) is 5.34. The van der Waals surface area contributed by atoms with Gasteiger partial charge in [-0.2, -0.15) is 0 Å². The zero-order valence-corrected chi connectivity index (χ0v) is 7.06. The second-order valence-corrected chi connectivity index (χ2v) is 2.78. The SMILES string of the molecule is C=C/C=C\C1=C(C)NCCC1. The van der Waals surface area contributed by atoms with Crippen molar-refractivity contribution >= 4 is 0 Å². The van der Waals surface area contributed by atoms with Crippen molar-refractivity contribution in [3.8, 4) is 0 Å². The third-order valence-corrected chi connectivity index (χ3v) is 1.93. The van der Waals surface area contributed by atoms with E-state index in [1.807, 2.05) is 12.2 Å². The molecule has 1 aliphatic heterocycles. The van der Waals surface area contributed by atoms with Crippen LogP contribution in [0.1, 0.15) is 19.8 Å². The maximum Gasteiger partial charge on any atom is 0.0147 e. The summed E-state index contributed by atoms with van der Waals surface area (Å²) in [5.41, 5.74) is 2.73. The van der Waals surface area contributed by atoms with E-state index in [-0.39, 0.29) is 0 Å². The molecule has 60 valence electrons. The van der Waals surface area contributed by atoms with E-state index in [1.165, 1.54) is 24.1 Å². The van der Waals surface area contributed by atoms with Gasteiger partial charge in [0.05, 0.1) is 0 Å². The van der Waals surface area contributed by atoms with Gasteiger partial charge in [0.1, 0.15) is 0 Å². The van der Waals surface area contributed by atoms with E-state index in [9.17, 15) is 0 Å². The summed E-state index contributed by atoms with van der Waals surface area (Å²) in [6.45, 7) is 6.89. The minimum absolute atomic E-state index is 1.12. The van der Waals surface area contributed by atoms with Crippen LogP contribution in [0.3, 0.4) is 0 Å². The molecule has 1 heteroatoms. The van der Waals surface area contributed by atoms with Crippen molar-refractivity contribution in [2.75, 3.05) is 6.54 Å². The van der Waals surface area contributed by atoms with Crippen molar-refractivity contribution in [3.63, 3.8) is 0 Å². The predicted molar refractivity (Wildman–Crippen MR) is 49.3 cm³/mol. The molecule has 1 nitrogen and oxygen atoms in total. The summed E-state index contributed by atoms with van der Waals surface area (Å²) in [7, 11) is 0. The van der Waals surface area contributed by atoms with Gasteiger partial charge in [0.15, 0.2) is 0 Å². The van der Waals surface area contributed by atoms with Crippen LogP contribution in [0.2, 0.25) is 0 Å². The van der Waals surface area contributed by atoms with E-state index in [4.69, 9.17) is 0 Å². The van der Waals surface area contributed by atoms with E-state index < -0.39 is 0 Å². The van der Waals surface area contributed by atoms with Crippen molar-refractivity contribution in [3.05, 3.63) is 36.1 Å². The summed E-state index contributed by atoms with van der Waals surface area (Å²) in [4.78, 5) is 0. The van der Waals surface area contributed by atoms with E-state index in [0.717, 1.165) is 6.54 Å². The van der Waals surface area contributed by atoms with Crippen LogP contribution >= 0.6 is 0 Å². The fraction of sp³-hybridized carbons (Fsp3) is 0.400. The first-order valence-corrected chi connectivity index (χ1v) is 4.07. The molecule has 0 bridgehead atoms. The molecule has 0 spiro atoms. The van der Waals surface area contributed by atoms with Gasteiger partial charge < -0.3 is 5.32 Å². The average Bonchev–Trinajstić information content (AvgIpc) is 2.03. The lowest BCUT2D eigenvalue weighted by molar-refractivity contribution is 0.672. The Hall–Kier alpha value is -0.980. The number of nitrogens with one attached hydrogen (secondary N) is 1. The van der Waals surface area contributed by atoms with Crippen LogP contribution in [0.25, 0.3) is 0 Å². The first kappa shape index (κ1) is 8.12. The van der Waals surface area contributed by atoms with Crippen molar-refractivity contribution in [2.24, 2.45) is 0 Å². The maximum absolute atomic E-state index is 3.64. The van der Waals surface area contributed by atoms with Crippen LogP contribution in [0.4, 0.5) is 0 Å². The fourth-order valence-electron chi connectivity index (χ4n) is 1.25. The molecule has 0 aromatic heterocycles. The third-order valence-electron chi connectivity index (χ3n) is 1.93. The van der Waals surface area contributed by atoms with E-state index in [2.05, 4.69) is 24.9 Å². The van der Waals surface area contributed by atoms with Crippen LogP contribution in [0, 0.1) is 0 Å². The quantitative estimate of drug-likeness (QED) is 0.594. The largest absolute Gasteiger partial charge is 0.388 e.